The second kappa shape index (κ2) is 11.9. The zero-order valence-corrected chi connectivity index (χ0v) is 25.1. The lowest BCUT2D eigenvalue weighted by Crippen LogP contribution is -2.43. The van der Waals surface area contributed by atoms with Crippen LogP contribution in [0.2, 0.25) is 10.0 Å². The van der Waals surface area contributed by atoms with E-state index >= 15 is 0 Å². The van der Waals surface area contributed by atoms with Gasteiger partial charge in [-0.05, 0) is 56.2 Å². The third kappa shape index (κ3) is 6.02. The van der Waals surface area contributed by atoms with Crippen molar-refractivity contribution in [2.45, 2.75) is 37.3 Å². The van der Waals surface area contributed by atoms with Crippen LogP contribution < -0.4 is 15.8 Å². The number of fused-ring (bicyclic) bond motifs is 1. The number of thiocarbonyl (C=S) groups is 1. The Morgan fingerprint density at radius 3 is 2.71 bits per heavy atom. The number of rotatable bonds is 8. The second-order valence-electron chi connectivity index (χ2n) is 9.62. The molecular weight excluding hydrogens is 603 g/mol. The van der Waals surface area contributed by atoms with Crippen LogP contribution in [0.1, 0.15) is 29.7 Å². The summed E-state index contributed by atoms with van der Waals surface area (Å²) in [6.07, 6.45) is 0.869. The number of carbonyl (C=O) groups is 1. The smallest absolute Gasteiger partial charge is 0.245 e. The maximum atomic E-state index is 13.9. The molecule has 0 bridgehead atoms. The standard InChI is InChI=1S/C29H26Cl2N4O4S2/c1-17-10-11-18-5-3-9-24(27(18)33-17)39-16-21-22(30)12-13-25(26(21)31)41(37,38)35-14-4-8-23(35)29(36)34-20-7-2-6-19(15-20)28(32)40/h2-3,5-7,9-13,15,23H,4,8,14,16H2,1H3,(H2,32,40)(H,34,36)/t23-/m0/s1. The Morgan fingerprint density at radius 2 is 1.93 bits per heavy atom. The summed E-state index contributed by atoms with van der Waals surface area (Å²) in [5.74, 6) is 0.0564. The molecule has 0 unspecified atom stereocenters. The van der Waals surface area contributed by atoms with Crippen molar-refractivity contribution in [3.8, 4) is 5.75 Å². The molecular formula is C29H26Cl2N4O4S2. The molecule has 4 aromatic rings. The number of carbonyl (C=O) groups excluding carboxylic acids is 1. The summed E-state index contributed by atoms with van der Waals surface area (Å²) in [5.41, 5.74) is 8.57. The number of hydrogen-bond acceptors (Lipinski definition) is 6. The highest BCUT2D eigenvalue weighted by atomic mass is 35.5. The molecule has 2 heterocycles. The number of anilines is 1. The number of para-hydroxylation sites is 1. The molecule has 8 nitrogen and oxygen atoms in total. The summed E-state index contributed by atoms with van der Waals surface area (Å²) in [6, 6.07) is 18.1. The average molecular weight is 630 g/mol. The normalized spacial score (nSPS) is 15.6. The fraction of sp³-hybridized carbons (Fsp3) is 0.207. The van der Waals surface area contributed by atoms with Gasteiger partial charge in [0.05, 0.1) is 5.02 Å². The van der Waals surface area contributed by atoms with E-state index in [1.807, 2.05) is 31.2 Å². The zero-order valence-electron chi connectivity index (χ0n) is 21.9. The van der Waals surface area contributed by atoms with Gasteiger partial charge < -0.3 is 15.8 Å². The highest BCUT2D eigenvalue weighted by Gasteiger charge is 2.40. The minimum Gasteiger partial charge on any atom is -0.487 e. The molecule has 1 aliphatic rings. The molecule has 212 valence electrons. The van der Waals surface area contributed by atoms with Gasteiger partial charge in [-0.25, -0.2) is 13.4 Å². The van der Waals surface area contributed by atoms with Gasteiger partial charge in [0.2, 0.25) is 15.9 Å². The number of sulfonamides is 1. The van der Waals surface area contributed by atoms with Crippen molar-refractivity contribution < 1.29 is 17.9 Å². The minimum absolute atomic E-state index is 0.0582. The van der Waals surface area contributed by atoms with E-state index in [4.69, 9.17) is 45.9 Å². The van der Waals surface area contributed by atoms with E-state index < -0.39 is 22.0 Å². The van der Waals surface area contributed by atoms with Gasteiger partial charge in [0.1, 0.15) is 33.8 Å². The van der Waals surface area contributed by atoms with Crippen LogP contribution in [0.4, 0.5) is 5.69 Å². The zero-order chi connectivity index (χ0) is 29.3. The number of benzene rings is 3. The lowest BCUT2D eigenvalue weighted by atomic mass is 10.2. The summed E-state index contributed by atoms with van der Waals surface area (Å²) >= 11 is 18.1. The van der Waals surface area contributed by atoms with Crippen molar-refractivity contribution in [1.82, 2.24) is 9.29 Å². The predicted octanol–water partition coefficient (Wildman–Crippen LogP) is 5.86. The SMILES string of the molecule is Cc1ccc2cccc(OCc3c(Cl)ccc(S(=O)(=O)N4CCC[C@H]4C(=O)Nc4cccc(C(N)=S)c4)c3Cl)c2n1. The maximum absolute atomic E-state index is 13.9. The largest absolute Gasteiger partial charge is 0.487 e. The molecule has 1 aromatic heterocycles. The summed E-state index contributed by atoms with van der Waals surface area (Å²) in [6.45, 7) is 1.97. The van der Waals surface area contributed by atoms with Crippen molar-refractivity contribution >= 4 is 72.9 Å². The number of nitrogens with zero attached hydrogens (tertiary/aromatic N) is 2. The first kappa shape index (κ1) is 29.2. The fourth-order valence-electron chi connectivity index (χ4n) is 4.78. The molecule has 5 rings (SSSR count). The van der Waals surface area contributed by atoms with Gasteiger partial charge in [-0.3, -0.25) is 4.79 Å². The first-order valence-corrected chi connectivity index (χ1v) is 15.4. The quantitative estimate of drug-likeness (QED) is 0.235. The van der Waals surface area contributed by atoms with Crippen molar-refractivity contribution in [2.75, 3.05) is 11.9 Å². The average Bonchev–Trinajstić information content (AvgIpc) is 3.44. The van der Waals surface area contributed by atoms with Crippen LogP contribution in [-0.4, -0.2) is 41.2 Å². The van der Waals surface area contributed by atoms with Gasteiger partial charge in [-0.15, -0.1) is 0 Å². The number of hydrogen-bond donors (Lipinski definition) is 2. The molecule has 12 heteroatoms. The topological polar surface area (TPSA) is 115 Å². The van der Waals surface area contributed by atoms with Gasteiger partial charge in [0, 0.05) is 39.5 Å². The molecule has 0 radical (unpaired) electrons. The minimum atomic E-state index is -4.17. The van der Waals surface area contributed by atoms with Crippen LogP contribution in [0.25, 0.3) is 10.9 Å². The van der Waals surface area contributed by atoms with E-state index in [1.54, 1.807) is 30.3 Å². The third-order valence-electron chi connectivity index (χ3n) is 6.85. The van der Waals surface area contributed by atoms with Crippen LogP contribution in [0.15, 0.2) is 71.6 Å². The lowest BCUT2D eigenvalue weighted by molar-refractivity contribution is -0.119. The third-order valence-corrected chi connectivity index (χ3v) is 9.94. The fourth-order valence-corrected chi connectivity index (χ4v) is 7.43. The molecule has 1 atom stereocenters. The van der Waals surface area contributed by atoms with Crippen LogP contribution in [0.5, 0.6) is 5.75 Å². The summed E-state index contributed by atoms with van der Waals surface area (Å²) < 4.78 is 34.9. The molecule has 0 spiro atoms. The Kier molecular flexibility index (Phi) is 8.49. The molecule has 3 N–H and O–H groups in total. The number of amides is 1. The van der Waals surface area contributed by atoms with E-state index in [1.165, 1.54) is 16.4 Å². The van der Waals surface area contributed by atoms with Gasteiger partial charge in [0.25, 0.3) is 0 Å². The van der Waals surface area contributed by atoms with Crippen LogP contribution in [-0.2, 0) is 21.4 Å². The molecule has 0 saturated carbocycles. The molecule has 1 fully saturated rings. The Balaban J connectivity index is 1.40. The number of nitrogens with one attached hydrogen (secondary N) is 1. The van der Waals surface area contributed by atoms with E-state index in [0.717, 1.165) is 11.1 Å². The van der Waals surface area contributed by atoms with E-state index in [-0.39, 0.29) is 33.1 Å². The maximum Gasteiger partial charge on any atom is 0.245 e. The number of halogens is 2. The summed E-state index contributed by atoms with van der Waals surface area (Å²) in [4.78, 5) is 17.8. The number of aromatic nitrogens is 1. The predicted molar refractivity (Wildman–Crippen MR) is 165 cm³/mol. The first-order valence-electron chi connectivity index (χ1n) is 12.7. The van der Waals surface area contributed by atoms with Gasteiger partial charge in [-0.1, -0.05) is 65.8 Å². The van der Waals surface area contributed by atoms with E-state index in [2.05, 4.69) is 10.3 Å². The summed E-state index contributed by atoms with van der Waals surface area (Å²) in [5, 5.41) is 3.88. The first-order chi connectivity index (χ1) is 19.6. The number of nitrogens with two attached hydrogens (primary N) is 1. The van der Waals surface area contributed by atoms with E-state index in [0.29, 0.717) is 40.9 Å². The van der Waals surface area contributed by atoms with Crippen molar-refractivity contribution in [3.63, 3.8) is 0 Å². The highest BCUT2D eigenvalue weighted by molar-refractivity contribution is 7.89. The molecule has 41 heavy (non-hydrogen) atoms. The molecule has 0 aliphatic carbocycles. The van der Waals surface area contributed by atoms with Crippen molar-refractivity contribution in [1.29, 1.82) is 0 Å². The van der Waals surface area contributed by atoms with Gasteiger partial charge in [0.15, 0.2) is 0 Å². The van der Waals surface area contributed by atoms with Gasteiger partial charge in [-0.2, -0.15) is 4.31 Å². The van der Waals surface area contributed by atoms with E-state index in [9.17, 15) is 13.2 Å². The number of aryl methyl sites for hydroxylation is 1. The Bertz CT molecular complexity index is 1780. The van der Waals surface area contributed by atoms with Crippen LogP contribution in [0.3, 0.4) is 0 Å². The molecule has 1 saturated heterocycles. The Hall–Kier alpha value is -3.28. The highest BCUT2D eigenvalue weighted by Crippen LogP contribution is 2.36. The monoisotopic (exact) mass is 628 g/mol. The Morgan fingerprint density at radius 1 is 1.15 bits per heavy atom. The van der Waals surface area contributed by atoms with Crippen molar-refractivity contribution in [2.24, 2.45) is 5.73 Å². The van der Waals surface area contributed by atoms with Gasteiger partial charge >= 0.3 is 0 Å². The molecule has 1 aliphatic heterocycles. The number of ether oxygens (including phenoxy) is 1. The van der Waals surface area contributed by atoms with Crippen LogP contribution >= 0.6 is 35.4 Å². The van der Waals surface area contributed by atoms with Crippen LogP contribution in [0, 0.1) is 6.92 Å². The Labute approximate surface area is 253 Å². The molecule has 1 amide bonds. The molecule has 3 aromatic carbocycles. The number of pyridine rings is 1. The summed E-state index contributed by atoms with van der Waals surface area (Å²) in [7, 11) is -4.17. The second-order valence-corrected chi connectivity index (χ2v) is 12.7. The lowest BCUT2D eigenvalue weighted by Gasteiger charge is -2.24. The van der Waals surface area contributed by atoms with Crippen molar-refractivity contribution in [3.05, 3.63) is 93.6 Å².